The van der Waals surface area contributed by atoms with Gasteiger partial charge in [-0.15, -0.1) is 6.58 Å². The molecule has 1 amide bonds. The lowest BCUT2D eigenvalue weighted by molar-refractivity contribution is -0.120. The predicted octanol–water partition coefficient (Wildman–Crippen LogP) is 0.584. The highest BCUT2D eigenvalue weighted by Crippen LogP contribution is 1.87. The highest BCUT2D eigenvalue weighted by atomic mass is 16.1. The molecule has 12 heavy (non-hydrogen) atoms. The fourth-order valence-corrected chi connectivity index (χ4v) is 0.674. The van der Waals surface area contributed by atoms with Crippen LogP contribution < -0.4 is 11.1 Å². The Morgan fingerprint density at radius 1 is 1.50 bits per heavy atom. The molecule has 0 aliphatic rings. The molecular weight excluding hydrogens is 152 g/mol. The lowest BCUT2D eigenvalue weighted by atomic mass is 10.3. The Kier molecular flexibility index (Phi) is 7.28. The number of hydrogen-bond acceptors (Lipinski definition) is 2. The van der Waals surface area contributed by atoms with Crippen LogP contribution in [-0.2, 0) is 4.79 Å². The van der Waals surface area contributed by atoms with E-state index in [1.807, 2.05) is 12.2 Å². The van der Waals surface area contributed by atoms with E-state index in [2.05, 4.69) is 11.9 Å². The SMILES string of the molecule is C=CCCC(=O)NC/C=C/CN. The van der Waals surface area contributed by atoms with Gasteiger partial charge in [-0.25, -0.2) is 0 Å². The second kappa shape index (κ2) is 8.01. The summed E-state index contributed by atoms with van der Waals surface area (Å²) < 4.78 is 0. The molecule has 0 aromatic carbocycles. The first-order valence-corrected chi connectivity index (χ1v) is 4.04. The van der Waals surface area contributed by atoms with Crippen molar-refractivity contribution in [2.45, 2.75) is 12.8 Å². The van der Waals surface area contributed by atoms with Gasteiger partial charge in [-0.2, -0.15) is 0 Å². The van der Waals surface area contributed by atoms with Gasteiger partial charge in [0, 0.05) is 19.5 Å². The van der Waals surface area contributed by atoms with E-state index >= 15 is 0 Å². The van der Waals surface area contributed by atoms with Crippen LogP contribution in [0.5, 0.6) is 0 Å². The summed E-state index contributed by atoms with van der Waals surface area (Å²) >= 11 is 0. The molecule has 0 aliphatic heterocycles. The van der Waals surface area contributed by atoms with Crippen molar-refractivity contribution in [3.63, 3.8) is 0 Å². The van der Waals surface area contributed by atoms with Crippen molar-refractivity contribution in [1.82, 2.24) is 5.32 Å². The van der Waals surface area contributed by atoms with Gasteiger partial charge >= 0.3 is 0 Å². The van der Waals surface area contributed by atoms with Crippen LogP contribution in [0.1, 0.15) is 12.8 Å². The molecule has 3 nitrogen and oxygen atoms in total. The maximum Gasteiger partial charge on any atom is 0.220 e. The van der Waals surface area contributed by atoms with Crippen molar-refractivity contribution < 1.29 is 4.79 Å². The number of nitrogens with one attached hydrogen (secondary N) is 1. The first kappa shape index (κ1) is 10.9. The Bertz CT molecular complexity index is 164. The van der Waals surface area contributed by atoms with Crippen LogP contribution in [0.15, 0.2) is 24.8 Å². The van der Waals surface area contributed by atoms with Gasteiger partial charge in [0.05, 0.1) is 0 Å². The van der Waals surface area contributed by atoms with Crippen LogP contribution in [0.25, 0.3) is 0 Å². The van der Waals surface area contributed by atoms with Gasteiger partial charge in [0.25, 0.3) is 0 Å². The van der Waals surface area contributed by atoms with Crippen LogP contribution >= 0.6 is 0 Å². The van der Waals surface area contributed by atoms with Crippen molar-refractivity contribution in [2.75, 3.05) is 13.1 Å². The van der Waals surface area contributed by atoms with Crippen molar-refractivity contribution in [3.8, 4) is 0 Å². The first-order valence-electron chi connectivity index (χ1n) is 4.04. The molecule has 0 heterocycles. The average molecular weight is 168 g/mol. The summed E-state index contributed by atoms with van der Waals surface area (Å²) in [6.07, 6.45) is 6.63. The van der Waals surface area contributed by atoms with Gasteiger partial charge in [-0.1, -0.05) is 18.2 Å². The lowest BCUT2D eigenvalue weighted by Gasteiger charge is -1.98. The molecule has 0 aromatic heterocycles. The number of allylic oxidation sites excluding steroid dienone is 1. The normalized spacial score (nSPS) is 10.1. The molecule has 0 atom stereocenters. The monoisotopic (exact) mass is 168 g/mol. The Labute approximate surface area is 73.3 Å². The minimum absolute atomic E-state index is 0.0524. The highest BCUT2D eigenvalue weighted by molar-refractivity contribution is 5.76. The number of carbonyl (C=O) groups is 1. The molecule has 0 rings (SSSR count). The topological polar surface area (TPSA) is 55.1 Å². The summed E-state index contributed by atoms with van der Waals surface area (Å²) in [5.41, 5.74) is 5.21. The van der Waals surface area contributed by atoms with Crippen molar-refractivity contribution in [1.29, 1.82) is 0 Å². The quantitative estimate of drug-likeness (QED) is 0.570. The smallest absolute Gasteiger partial charge is 0.220 e. The number of hydrogen-bond donors (Lipinski definition) is 2. The molecule has 3 heteroatoms. The van der Waals surface area contributed by atoms with Gasteiger partial charge < -0.3 is 11.1 Å². The Morgan fingerprint density at radius 2 is 2.25 bits per heavy atom. The van der Waals surface area contributed by atoms with Crippen LogP contribution in [0.2, 0.25) is 0 Å². The minimum Gasteiger partial charge on any atom is -0.353 e. The average Bonchev–Trinajstić information content (AvgIpc) is 2.09. The van der Waals surface area contributed by atoms with Gasteiger partial charge in [0.1, 0.15) is 0 Å². The number of carbonyl (C=O) groups excluding carboxylic acids is 1. The van der Waals surface area contributed by atoms with Crippen LogP contribution in [0, 0.1) is 0 Å². The maximum absolute atomic E-state index is 10.9. The van der Waals surface area contributed by atoms with Gasteiger partial charge in [0.15, 0.2) is 0 Å². The zero-order valence-electron chi connectivity index (χ0n) is 7.25. The molecule has 68 valence electrons. The van der Waals surface area contributed by atoms with E-state index in [0.29, 0.717) is 19.5 Å². The second-order valence-corrected chi connectivity index (χ2v) is 2.34. The zero-order chi connectivity index (χ0) is 9.23. The summed E-state index contributed by atoms with van der Waals surface area (Å²) in [6, 6.07) is 0. The molecule has 0 aliphatic carbocycles. The van der Waals surface area contributed by atoms with Crippen LogP contribution in [-0.4, -0.2) is 19.0 Å². The van der Waals surface area contributed by atoms with Crippen molar-refractivity contribution >= 4 is 5.91 Å². The summed E-state index contributed by atoms with van der Waals surface area (Å²) in [6.45, 7) is 4.61. The number of rotatable bonds is 6. The van der Waals surface area contributed by atoms with E-state index in [0.717, 1.165) is 6.42 Å². The van der Waals surface area contributed by atoms with Crippen molar-refractivity contribution in [3.05, 3.63) is 24.8 Å². The predicted molar refractivity (Wildman–Crippen MR) is 50.6 cm³/mol. The molecule has 0 saturated carbocycles. The summed E-state index contributed by atoms with van der Waals surface area (Å²) in [5.74, 6) is 0.0524. The molecule has 0 fully saturated rings. The molecule has 0 spiro atoms. The zero-order valence-corrected chi connectivity index (χ0v) is 7.25. The summed E-state index contributed by atoms with van der Waals surface area (Å²) in [5, 5.41) is 2.72. The fourth-order valence-electron chi connectivity index (χ4n) is 0.674. The van der Waals surface area contributed by atoms with E-state index in [9.17, 15) is 4.79 Å². The van der Waals surface area contributed by atoms with Crippen molar-refractivity contribution in [2.24, 2.45) is 5.73 Å². The van der Waals surface area contributed by atoms with E-state index in [1.165, 1.54) is 0 Å². The molecular formula is C9H16N2O. The lowest BCUT2D eigenvalue weighted by Crippen LogP contribution is -2.22. The maximum atomic E-state index is 10.9. The third-order valence-corrected chi connectivity index (χ3v) is 1.30. The molecule has 0 aromatic rings. The van der Waals surface area contributed by atoms with E-state index in [4.69, 9.17) is 5.73 Å². The third kappa shape index (κ3) is 7.02. The molecule has 0 saturated heterocycles. The fraction of sp³-hybridized carbons (Fsp3) is 0.444. The summed E-state index contributed by atoms with van der Waals surface area (Å²) in [7, 11) is 0. The second-order valence-electron chi connectivity index (χ2n) is 2.34. The van der Waals surface area contributed by atoms with Gasteiger partial charge in [-0.05, 0) is 6.42 Å². The number of nitrogens with two attached hydrogens (primary N) is 1. The van der Waals surface area contributed by atoms with E-state index < -0.39 is 0 Å². The van der Waals surface area contributed by atoms with Crippen LogP contribution in [0.4, 0.5) is 0 Å². The van der Waals surface area contributed by atoms with Crippen LogP contribution in [0.3, 0.4) is 0 Å². The Balaban J connectivity index is 3.31. The molecule has 0 radical (unpaired) electrons. The standard InChI is InChI=1S/C9H16N2O/c1-2-3-6-9(12)11-8-5-4-7-10/h2,4-5H,1,3,6-8,10H2,(H,11,12)/b5-4+. The number of amides is 1. The first-order chi connectivity index (χ1) is 5.81. The largest absolute Gasteiger partial charge is 0.353 e. The van der Waals surface area contributed by atoms with E-state index in [-0.39, 0.29) is 5.91 Å². The van der Waals surface area contributed by atoms with E-state index in [1.54, 1.807) is 6.08 Å². The minimum atomic E-state index is 0.0524. The molecule has 0 bridgehead atoms. The third-order valence-electron chi connectivity index (χ3n) is 1.30. The summed E-state index contributed by atoms with van der Waals surface area (Å²) in [4.78, 5) is 10.9. The van der Waals surface area contributed by atoms with Gasteiger partial charge in [0.2, 0.25) is 5.91 Å². The van der Waals surface area contributed by atoms with Gasteiger partial charge in [-0.3, -0.25) is 4.79 Å². The highest BCUT2D eigenvalue weighted by Gasteiger charge is 1.94. The Hall–Kier alpha value is -1.09. The molecule has 3 N–H and O–H groups in total. The molecule has 0 unspecified atom stereocenters. The Morgan fingerprint density at radius 3 is 2.83 bits per heavy atom.